The van der Waals surface area contributed by atoms with Gasteiger partial charge in [0.15, 0.2) is 0 Å². The summed E-state index contributed by atoms with van der Waals surface area (Å²) in [7, 11) is 0. The first-order chi connectivity index (χ1) is 8.59. The molecule has 1 saturated heterocycles. The third-order valence-corrected chi connectivity index (χ3v) is 4.46. The van der Waals surface area contributed by atoms with Gasteiger partial charge < -0.3 is 10.8 Å². The van der Waals surface area contributed by atoms with Crippen LogP contribution in [-0.4, -0.2) is 40.1 Å². The highest BCUT2D eigenvalue weighted by atomic mass is 32.2. The van der Waals surface area contributed by atoms with Crippen LogP contribution in [0.2, 0.25) is 0 Å². The number of hydrogen-bond acceptors (Lipinski definition) is 4. The standard InChI is InChI=1S/C13H18N2O2S/c1-9-8-18-6-5-15(9)7-10-3-2-4-11(14)12(10)13(16)17/h2-4,9H,5-8,14H2,1H3,(H,16,17). The Kier molecular flexibility index (Phi) is 4.14. The summed E-state index contributed by atoms with van der Waals surface area (Å²) < 4.78 is 0. The Morgan fingerprint density at radius 1 is 1.61 bits per heavy atom. The summed E-state index contributed by atoms with van der Waals surface area (Å²) in [4.78, 5) is 13.6. The lowest BCUT2D eigenvalue weighted by molar-refractivity contribution is 0.0695. The fourth-order valence-corrected chi connectivity index (χ4v) is 3.31. The molecule has 98 valence electrons. The van der Waals surface area contributed by atoms with Gasteiger partial charge in [-0.3, -0.25) is 4.90 Å². The van der Waals surface area contributed by atoms with E-state index in [1.54, 1.807) is 6.07 Å². The van der Waals surface area contributed by atoms with E-state index in [9.17, 15) is 9.90 Å². The van der Waals surface area contributed by atoms with E-state index in [0.29, 0.717) is 18.3 Å². The summed E-state index contributed by atoms with van der Waals surface area (Å²) in [6, 6.07) is 5.80. The minimum atomic E-state index is -0.942. The molecule has 1 aliphatic heterocycles. The lowest BCUT2D eigenvalue weighted by atomic mass is 10.0. The van der Waals surface area contributed by atoms with Crippen molar-refractivity contribution in [2.75, 3.05) is 23.8 Å². The van der Waals surface area contributed by atoms with E-state index >= 15 is 0 Å². The second kappa shape index (κ2) is 5.63. The fourth-order valence-electron chi connectivity index (χ4n) is 2.23. The molecule has 1 heterocycles. The molecule has 0 radical (unpaired) electrons. The molecule has 1 aliphatic rings. The Labute approximate surface area is 111 Å². The number of nitrogen functional groups attached to an aromatic ring is 1. The Balaban J connectivity index is 2.23. The topological polar surface area (TPSA) is 66.6 Å². The SMILES string of the molecule is CC1CSCCN1Cc1cccc(N)c1C(=O)O. The number of carbonyl (C=O) groups is 1. The predicted molar refractivity (Wildman–Crippen MR) is 75.0 cm³/mol. The van der Waals surface area contributed by atoms with Gasteiger partial charge in [-0.1, -0.05) is 12.1 Å². The lowest BCUT2D eigenvalue weighted by Crippen LogP contribution is -2.40. The molecule has 1 aromatic rings. The fraction of sp³-hybridized carbons (Fsp3) is 0.462. The minimum absolute atomic E-state index is 0.253. The molecule has 0 bridgehead atoms. The summed E-state index contributed by atoms with van der Waals surface area (Å²) in [6.07, 6.45) is 0. The average Bonchev–Trinajstić information content (AvgIpc) is 2.31. The highest BCUT2D eigenvalue weighted by molar-refractivity contribution is 7.99. The Bertz CT molecular complexity index is 451. The average molecular weight is 266 g/mol. The first-order valence-corrected chi connectivity index (χ1v) is 7.17. The van der Waals surface area contributed by atoms with Gasteiger partial charge in [0.25, 0.3) is 0 Å². The van der Waals surface area contributed by atoms with Crippen molar-refractivity contribution in [3.63, 3.8) is 0 Å². The summed E-state index contributed by atoms with van der Waals surface area (Å²) >= 11 is 1.95. The number of nitrogens with two attached hydrogens (primary N) is 1. The molecule has 5 heteroatoms. The second-order valence-corrected chi connectivity index (χ2v) is 5.73. The summed E-state index contributed by atoms with van der Waals surface area (Å²) in [5.41, 5.74) is 7.16. The first-order valence-electron chi connectivity index (χ1n) is 6.02. The van der Waals surface area contributed by atoms with Gasteiger partial charge in [-0.25, -0.2) is 4.79 Å². The first kappa shape index (κ1) is 13.2. The van der Waals surface area contributed by atoms with E-state index in [2.05, 4.69) is 11.8 Å². The molecule has 3 N–H and O–H groups in total. The lowest BCUT2D eigenvalue weighted by Gasteiger charge is -2.33. The van der Waals surface area contributed by atoms with Gasteiger partial charge in [-0.05, 0) is 18.6 Å². The summed E-state index contributed by atoms with van der Waals surface area (Å²) in [6.45, 7) is 3.84. The maximum Gasteiger partial charge on any atom is 0.338 e. The summed E-state index contributed by atoms with van der Waals surface area (Å²) in [5.74, 6) is 1.27. The maximum atomic E-state index is 11.3. The van der Waals surface area contributed by atoms with Crippen LogP contribution in [0.1, 0.15) is 22.8 Å². The molecule has 2 rings (SSSR count). The smallest absolute Gasteiger partial charge is 0.338 e. The van der Waals surface area contributed by atoms with E-state index in [1.807, 2.05) is 23.9 Å². The molecular weight excluding hydrogens is 248 g/mol. The highest BCUT2D eigenvalue weighted by Gasteiger charge is 2.21. The molecule has 1 aromatic carbocycles. The van der Waals surface area contributed by atoms with Crippen LogP contribution in [0.3, 0.4) is 0 Å². The molecule has 0 saturated carbocycles. The van der Waals surface area contributed by atoms with Gasteiger partial charge in [-0.15, -0.1) is 0 Å². The second-order valence-electron chi connectivity index (χ2n) is 4.58. The zero-order valence-electron chi connectivity index (χ0n) is 10.4. The van der Waals surface area contributed by atoms with E-state index in [0.717, 1.165) is 23.6 Å². The summed E-state index contributed by atoms with van der Waals surface area (Å²) in [5, 5.41) is 9.24. The number of rotatable bonds is 3. The van der Waals surface area contributed by atoms with Crippen LogP contribution in [0.15, 0.2) is 18.2 Å². The number of anilines is 1. The van der Waals surface area contributed by atoms with Crippen molar-refractivity contribution in [2.45, 2.75) is 19.5 Å². The van der Waals surface area contributed by atoms with Gasteiger partial charge in [0, 0.05) is 36.3 Å². The zero-order valence-corrected chi connectivity index (χ0v) is 11.2. The van der Waals surface area contributed by atoms with Crippen molar-refractivity contribution in [3.8, 4) is 0 Å². The van der Waals surface area contributed by atoms with E-state index in [1.165, 1.54) is 0 Å². The largest absolute Gasteiger partial charge is 0.478 e. The van der Waals surface area contributed by atoms with Crippen molar-refractivity contribution in [2.24, 2.45) is 0 Å². The number of carboxylic acid groups (broad SMARTS) is 1. The van der Waals surface area contributed by atoms with Gasteiger partial charge in [0.2, 0.25) is 0 Å². The molecule has 1 fully saturated rings. The normalized spacial score (nSPS) is 20.8. The van der Waals surface area contributed by atoms with E-state index in [-0.39, 0.29) is 5.56 Å². The Morgan fingerprint density at radius 3 is 3.06 bits per heavy atom. The monoisotopic (exact) mass is 266 g/mol. The molecule has 0 amide bonds. The molecule has 4 nitrogen and oxygen atoms in total. The number of aromatic carboxylic acids is 1. The third kappa shape index (κ3) is 2.79. The molecule has 1 unspecified atom stereocenters. The minimum Gasteiger partial charge on any atom is -0.478 e. The maximum absolute atomic E-state index is 11.3. The van der Waals surface area contributed by atoms with Crippen LogP contribution < -0.4 is 5.73 Å². The molecular formula is C13H18N2O2S. The van der Waals surface area contributed by atoms with Crippen LogP contribution in [0.25, 0.3) is 0 Å². The van der Waals surface area contributed by atoms with Gasteiger partial charge in [0.05, 0.1) is 5.56 Å². The molecule has 1 atom stereocenters. The van der Waals surface area contributed by atoms with Crippen LogP contribution in [0.5, 0.6) is 0 Å². The Hall–Kier alpha value is -1.20. The number of benzene rings is 1. The third-order valence-electron chi connectivity index (χ3n) is 3.28. The molecule has 0 aliphatic carbocycles. The predicted octanol–water partition coefficient (Wildman–Crippen LogP) is 1.90. The van der Waals surface area contributed by atoms with Crippen LogP contribution >= 0.6 is 11.8 Å². The molecule has 0 spiro atoms. The van der Waals surface area contributed by atoms with Crippen molar-refractivity contribution >= 4 is 23.4 Å². The van der Waals surface area contributed by atoms with Crippen LogP contribution in [0, 0.1) is 0 Å². The van der Waals surface area contributed by atoms with Gasteiger partial charge in [0.1, 0.15) is 0 Å². The highest BCUT2D eigenvalue weighted by Crippen LogP contribution is 2.23. The molecule has 0 aromatic heterocycles. The van der Waals surface area contributed by atoms with E-state index < -0.39 is 5.97 Å². The van der Waals surface area contributed by atoms with Crippen LogP contribution in [-0.2, 0) is 6.54 Å². The van der Waals surface area contributed by atoms with E-state index in [4.69, 9.17) is 5.73 Å². The number of nitrogens with zero attached hydrogens (tertiary/aromatic N) is 1. The number of thioether (sulfide) groups is 1. The van der Waals surface area contributed by atoms with Crippen LogP contribution in [0.4, 0.5) is 5.69 Å². The van der Waals surface area contributed by atoms with Gasteiger partial charge >= 0.3 is 5.97 Å². The molecule has 18 heavy (non-hydrogen) atoms. The van der Waals surface area contributed by atoms with Crippen molar-refractivity contribution < 1.29 is 9.90 Å². The van der Waals surface area contributed by atoms with Crippen molar-refractivity contribution in [3.05, 3.63) is 29.3 Å². The quantitative estimate of drug-likeness (QED) is 0.818. The van der Waals surface area contributed by atoms with Crippen molar-refractivity contribution in [1.82, 2.24) is 4.90 Å². The van der Waals surface area contributed by atoms with Gasteiger partial charge in [-0.2, -0.15) is 11.8 Å². The van der Waals surface area contributed by atoms with Crippen molar-refractivity contribution in [1.29, 1.82) is 0 Å². The zero-order chi connectivity index (χ0) is 13.1. The Morgan fingerprint density at radius 2 is 2.39 bits per heavy atom. The number of hydrogen-bond donors (Lipinski definition) is 2. The number of carboxylic acids is 1.